The minimum atomic E-state index is -4.53. The molecule has 37 heavy (non-hydrogen) atoms. The van der Waals surface area contributed by atoms with Crippen molar-refractivity contribution in [3.8, 4) is 22.5 Å². The number of para-hydroxylation sites is 1. The van der Waals surface area contributed by atoms with Gasteiger partial charge in [0.25, 0.3) is 11.6 Å². The Labute approximate surface area is 212 Å². The van der Waals surface area contributed by atoms with Gasteiger partial charge in [-0.1, -0.05) is 24.3 Å². The highest BCUT2D eigenvalue weighted by Crippen LogP contribution is 2.37. The molecule has 1 aliphatic heterocycles. The molecule has 0 bridgehead atoms. The Balaban J connectivity index is 1.71. The number of aromatic nitrogens is 1. The molecule has 2 heterocycles. The summed E-state index contributed by atoms with van der Waals surface area (Å²) in [6.07, 6.45) is -4.53. The van der Waals surface area contributed by atoms with Crippen LogP contribution < -0.4 is 0 Å². The number of carbonyl (C=O) groups excluding carboxylic acids is 1. The fourth-order valence-corrected chi connectivity index (χ4v) is 4.38. The van der Waals surface area contributed by atoms with Gasteiger partial charge in [-0.15, -0.1) is 0 Å². The van der Waals surface area contributed by atoms with Crippen LogP contribution in [0.1, 0.15) is 15.9 Å². The van der Waals surface area contributed by atoms with Gasteiger partial charge in [0.2, 0.25) is 0 Å². The summed E-state index contributed by atoms with van der Waals surface area (Å²) in [5.41, 5.74) is 0.0485. The second kappa shape index (κ2) is 10.7. The maximum Gasteiger partial charge on any atom is 0.416 e. The van der Waals surface area contributed by atoms with E-state index in [0.29, 0.717) is 26.2 Å². The van der Waals surface area contributed by atoms with Crippen LogP contribution in [0.3, 0.4) is 0 Å². The van der Waals surface area contributed by atoms with Gasteiger partial charge in [-0.3, -0.25) is 19.8 Å². The lowest BCUT2D eigenvalue weighted by molar-refractivity contribution is -0.384. The van der Waals surface area contributed by atoms with Crippen molar-refractivity contribution in [3.63, 3.8) is 0 Å². The van der Waals surface area contributed by atoms with Crippen LogP contribution >= 0.6 is 0 Å². The van der Waals surface area contributed by atoms with Crippen molar-refractivity contribution in [2.75, 3.05) is 53.4 Å². The fraction of sp³-hybridized carbons (Fsp3) is 0.346. The van der Waals surface area contributed by atoms with E-state index in [4.69, 9.17) is 0 Å². The molecule has 8 nitrogen and oxygen atoms in total. The molecule has 11 heteroatoms. The third-order valence-electron chi connectivity index (χ3n) is 6.44. The highest BCUT2D eigenvalue weighted by Gasteiger charge is 2.32. The van der Waals surface area contributed by atoms with E-state index in [9.17, 15) is 28.1 Å². The van der Waals surface area contributed by atoms with E-state index in [1.807, 2.05) is 14.1 Å². The number of rotatable bonds is 7. The fourth-order valence-electron chi connectivity index (χ4n) is 4.38. The van der Waals surface area contributed by atoms with Crippen molar-refractivity contribution >= 4 is 11.6 Å². The number of amides is 1. The molecule has 1 aliphatic rings. The summed E-state index contributed by atoms with van der Waals surface area (Å²) in [4.78, 5) is 33.9. The van der Waals surface area contributed by atoms with E-state index in [-0.39, 0.29) is 39.7 Å². The van der Waals surface area contributed by atoms with Crippen LogP contribution in [0, 0.1) is 10.1 Å². The molecule has 1 fully saturated rings. The van der Waals surface area contributed by atoms with Gasteiger partial charge in [0, 0.05) is 51.0 Å². The average Bonchev–Trinajstić information content (AvgIpc) is 3.32. The monoisotopic (exact) mass is 515 g/mol. The molecule has 0 unspecified atom stereocenters. The smallest absolute Gasteiger partial charge is 0.354 e. The van der Waals surface area contributed by atoms with Crippen LogP contribution in [0.5, 0.6) is 0 Å². The molecule has 3 aromatic rings. The molecule has 4 rings (SSSR count). The van der Waals surface area contributed by atoms with Gasteiger partial charge < -0.3 is 14.8 Å². The molecule has 1 aromatic heterocycles. The van der Waals surface area contributed by atoms with Crippen LogP contribution in [0.15, 0.2) is 54.6 Å². The maximum atomic E-state index is 13.6. The number of benzene rings is 2. The topological polar surface area (TPSA) is 85.7 Å². The first-order chi connectivity index (χ1) is 17.5. The number of nitrogens with one attached hydrogen (secondary N) is 1. The standard InChI is InChI=1S/C26H28F3N5O3/c1-31(2)10-11-32-12-14-33(15-13-32)25(35)21-17-22(18-6-5-7-19(16-18)26(27,28)29)30-24(21)20-8-3-4-9-23(20)34(36)37/h3-9,16-17,30H,10-15H2,1-2H3. The van der Waals surface area contributed by atoms with Crippen LogP contribution in [0.4, 0.5) is 18.9 Å². The van der Waals surface area contributed by atoms with Gasteiger partial charge in [-0.25, -0.2) is 0 Å². The summed E-state index contributed by atoms with van der Waals surface area (Å²) >= 11 is 0. The molecular formula is C26H28F3N5O3. The summed E-state index contributed by atoms with van der Waals surface area (Å²) in [7, 11) is 4.00. The number of carbonyl (C=O) groups is 1. The van der Waals surface area contributed by atoms with Crippen molar-refractivity contribution in [2.45, 2.75) is 6.18 Å². The molecule has 196 valence electrons. The third kappa shape index (κ3) is 6.00. The zero-order chi connectivity index (χ0) is 26.7. The second-order valence-electron chi connectivity index (χ2n) is 9.26. The van der Waals surface area contributed by atoms with E-state index < -0.39 is 16.7 Å². The number of hydrogen-bond acceptors (Lipinski definition) is 5. The zero-order valence-electron chi connectivity index (χ0n) is 20.6. The average molecular weight is 516 g/mol. The minimum Gasteiger partial charge on any atom is -0.354 e. The summed E-state index contributed by atoms with van der Waals surface area (Å²) in [6, 6.07) is 12.2. The van der Waals surface area contributed by atoms with Crippen LogP contribution in [0.2, 0.25) is 0 Å². The first kappa shape index (κ1) is 26.4. The van der Waals surface area contributed by atoms with Gasteiger partial charge in [-0.05, 0) is 43.9 Å². The minimum absolute atomic E-state index is 0.184. The van der Waals surface area contributed by atoms with E-state index in [1.165, 1.54) is 36.4 Å². The number of piperazine rings is 1. The van der Waals surface area contributed by atoms with E-state index in [0.717, 1.165) is 25.2 Å². The number of nitro groups is 1. The molecule has 1 N–H and O–H groups in total. The Morgan fingerprint density at radius 2 is 1.76 bits per heavy atom. The van der Waals surface area contributed by atoms with E-state index in [2.05, 4.69) is 14.8 Å². The maximum absolute atomic E-state index is 13.6. The molecule has 1 amide bonds. The van der Waals surface area contributed by atoms with E-state index in [1.54, 1.807) is 11.0 Å². The van der Waals surface area contributed by atoms with Gasteiger partial charge in [0.1, 0.15) is 0 Å². The summed E-state index contributed by atoms with van der Waals surface area (Å²) in [6.45, 7) is 4.10. The number of nitro benzene ring substituents is 1. The number of halogens is 3. The number of H-pyrrole nitrogens is 1. The van der Waals surface area contributed by atoms with Crippen LogP contribution in [-0.4, -0.2) is 83.9 Å². The molecule has 1 saturated heterocycles. The molecule has 0 atom stereocenters. The summed E-state index contributed by atoms with van der Waals surface area (Å²) in [5.74, 6) is -0.324. The van der Waals surface area contributed by atoms with Crippen molar-refractivity contribution in [2.24, 2.45) is 0 Å². The Kier molecular flexibility index (Phi) is 7.65. The molecular weight excluding hydrogens is 487 g/mol. The first-order valence-electron chi connectivity index (χ1n) is 11.9. The predicted octanol–water partition coefficient (Wildman–Crippen LogP) is 4.60. The number of nitrogens with zero attached hydrogens (tertiary/aromatic N) is 4. The molecule has 0 spiro atoms. The Hall–Kier alpha value is -3.70. The Morgan fingerprint density at radius 3 is 2.41 bits per heavy atom. The lowest BCUT2D eigenvalue weighted by Crippen LogP contribution is -2.50. The summed E-state index contributed by atoms with van der Waals surface area (Å²) < 4.78 is 40.0. The highest BCUT2D eigenvalue weighted by atomic mass is 19.4. The van der Waals surface area contributed by atoms with Crippen molar-refractivity contribution in [1.29, 1.82) is 0 Å². The Bertz CT molecular complexity index is 1280. The Morgan fingerprint density at radius 1 is 1.05 bits per heavy atom. The second-order valence-corrected chi connectivity index (χ2v) is 9.26. The van der Waals surface area contributed by atoms with E-state index >= 15 is 0 Å². The number of hydrogen-bond donors (Lipinski definition) is 1. The normalized spacial score (nSPS) is 14.8. The third-order valence-corrected chi connectivity index (χ3v) is 6.44. The number of likely N-dealkylation sites (N-methyl/N-ethyl adjacent to an activating group) is 1. The molecule has 2 aromatic carbocycles. The lowest BCUT2D eigenvalue weighted by Gasteiger charge is -2.35. The number of aromatic amines is 1. The van der Waals surface area contributed by atoms with Crippen LogP contribution in [-0.2, 0) is 6.18 Å². The van der Waals surface area contributed by atoms with Gasteiger partial charge in [0.15, 0.2) is 0 Å². The van der Waals surface area contributed by atoms with Gasteiger partial charge >= 0.3 is 6.18 Å². The molecule has 0 aliphatic carbocycles. The lowest BCUT2D eigenvalue weighted by atomic mass is 10.0. The quantitative estimate of drug-likeness (QED) is 0.367. The summed E-state index contributed by atoms with van der Waals surface area (Å²) in [5, 5.41) is 11.7. The van der Waals surface area contributed by atoms with Crippen molar-refractivity contribution in [3.05, 3.63) is 75.8 Å². The van der Waals surface area contributed by atoms with Crippen molar-refractivity contribution < 1.29 is 22.9 Å². The predicted molar refractivity (Wildman–Crippen MR) is 134 cm³/mol. The largest absolute Gasteiger partial charge is 0.416 e. The van der Waals surface area contributed by atoms with Crippen LogP contribution in [0.25, 0.3) is 22.5 Å². The molecule has 0 radical (unpaired) electrons. The van der Waals surface area contributed by atoms with Gasteiger partial charge in [0.05, 0.1) is 27.3 Å². The molecule has 0 saturated carbocycles. The zero-order valence-corrected chi connectivity index (χ0v) is 20.6. The van der Waals surface area contributed by atoms with Gasteiger partial charge in [-0.2, -0.15) is 13.2 Å². The number of alkyl halides is 3. The SMILES string of the molecule is CN(C)CCN1CCN(C(=O)c2cc(-c3cccc(C(F)(F)F)c3)[nH]c2-c2ccccc2[N+](=O)[O-])CC1. The van der Waals surface area contributed by atoms with Crippen molar-refractivity contribution in [1.82, 2.24) is 19.7 Å². The first-order valence-corrected chi connectivity index (χ1v) is 11.9. The highest BCUT2D eigenvalue weighted by molar-refractivity contribution is 6.02.